The van der Waals surface area contributed by atoms with Crippen LogP contribution in [0.15, 0.2) is 0 Å². The van der Waals surface area contributed by atoms with Gasteiger partial charge in [-0.1, -0.05) is 6.92 Å². The summed E-state index contributed by atoms with van der Waals surface area (Å²) in [5.74, 6) is 0. The Morgan fingerprint density at radius 1 is 1.25 bits per heavy atom. The quantitative estimate of drug-likeness (QED) is 0.598. The van der Waals surface area contributed by atoms with Gasteiger partial charge in [-0.2, -0.15) is 5.26 Å². The molecule has 6 heteroatoms. The van der Waals surface area contributed by atoms with Gasteiger partial charge in [-0.05, 0) is 6.42 Å². The highest BCUT2D eigenvalue weighted by Gasteiger charge is 2.23. The van der Waals surface area contributed by atoms with Crippen molar-refractivity contribution in [1.29, 1.82) is 5.26 Å². The van der Waals surface area contributed by atoms with Crippen molar-refractivity contribution in [3.8, 4) is 6.07 Å². The van der Waals surface area contributed by atoms with Crippen LogP contribution in [0.25, 0.3) is 0 Å². The topological polar surface area (TPSA) is 69.0 Å². The van der Waals surface area contributed by atoms with E-state index in [0.29, 0.717) is 26.4 Å². The van der Waals surface area contributed by atoms with Crippen LogP contribution in [0.5, 0.6) is 0 Å². The van der Waals surface area contributed by atoms with E-state index in [9.17, 15) is 5.11 Å². The lowest BCUT2D eigenvalue weighted by atomic mass is 10.2. The number of ether oxygens (including phenoxy) is 2. The first-order valence-electron chi connectivity index (χ1n) is 7.32. The number of rotatable bonds is 9. The number of methoxy groups -OCH3 is 1. The largest absolute Gasteiger partial charge is 0.389 e. The van der Waals surface area contributed by atoms with Crippen molar-refractivity contribution >= 4 is 0 Å². The first-order chi connectivity index (χ1) is 9.71. The fourth-order valence-corrected chi connectivity index (χ4v) is 2.40. The Hall–Kier alpha value is -0.710. The molecule has 1 aliphatic heterocycles. The van der Waals surface area contributed by atoms with Crippen molar-refractivity contribution in [3.63, 3.8) is 0 Å². The second-order valence-corrected chi connectivity index (χ2v) is 5.11. The van der Waals surface area contributed by atoms with Crippen molar-refractivity contribution in [1.82, 2.24) is 9.80 Å². The van der Waals surface area contributed by atoms with E-state index >= 15 is 0 Å². The zero-order valence-electron chi connectivity index (χ0n) is 12.6. The van der Waals surface area contributed by atoms with Crippen LogP contribution in [0.1, 0.15) is 13.3 Å². The maximum Gasteiger partial charge on any atom is 0.0976 e. The predicted octanol–water partition coefficient (Wildman–Crippen LogP) is -0.0699. The van der Waals surface area contributed by atoms with Gasteiger partial charge >= 0.3 is 0 Å². The van der Waals surface area contributed by atoms with Crippen LogP contribution in [0.2, 0.25) is 0 Å². The molecule has 1 saturated heterocycles. The average molecular weight is 285 g/mol. The molecule has 0 bridgehead atoms. The second kappa shape index (κ2) is 10.1. The van der Waals surface area contributed by atoms with E-state index in [1.807, 2.05) is 6.92 Å². The molecule has 6 nitrogen and oxygen atoms in total. The third-order valence-electron chi connectivity index (χ3n) is 3.59. The van der Waals surface area contributed by atoms with Gasteiger partial charge in [-0.25, -0.2) is 0 Å². The summed E-state index contributed by atoms with van der Waals surface area (Å²) in [7, 11) is 1.63. The maximum absolute atomic E-state index is 9.89. The van der Waals surface area contributed by atoms with Crippen LogP contribution >= 0.6 is 0 Å². The normalized spacial score (nSPS) is 20.5. The summed E-state index contributed by atoms with van der Waals surface area (Å²) < 4.78 is 10.2. The molecule has 2 atom stereocenters. The van der Waals surface area contributed by atoms with E-state index in [0.717, 1.165) is 32.6 Å². The van der Waals surface area contributed by atoms with Crippen LogP contribution in [-0.2, 0) is 9.47 Å². The molecule has 1 aliphatic rings. The molecule has 0 spiro atoms. The van der Waals surface area contributed by atoms with E-state index < -0.39 is 6.10 Å². The number of nitriles is 1. The number of hydrogen-bond acceptors (Lipinski definition) is 6. The van der Waals surface area contributed by atoms with Crippen LogP contribution in [0.3, 0.4) is 0 Å². The SMILES string of the molecule is CCC(C#N)N1CCN(CC(O)COCCOC)CC1. The molecule has 0 aromatic heterocycles. The summed E-state index contributed by atoms with van der Waals surface area (Å²) in [6.45, 7) is 7.66. The first-order valence-corrected chi connectivity index (χ1v) is 7.32. The first kappa shape index (κ1) is 17.3. The minimum Gasteiger partial charge on any atom is -0.389 e. The van der Waals surface area contributed by atoms with Gasteiger partial charge in [-0.3, -0.25) is 9.80 Å². The van der Waals surface area contributed by atoms with Crippen LogP contribution in [0, 0.1) is 11.3 Å². The van der Waals surface area contributed by atoms with E-state index in [2.05, 4.69) is 15.9 Å². The smallest absolute Gasteiger partial charge is 0.0976 e. The van der Waals surface area contributed by atoms with Gasteiger partial charge in [0, 0.05) is 39.8 Å². The molecule has 0 aromatic rings. The van der Waals surface area contributed by atoms with Gasteiger partial charge in [-0.15, -0.1) is 0 Å². The third-order valence-corrected chi connectivity index (χ3v) is 3.59. The standard InChI is InChI=1S/C14H27N3O3/c1-3-13(10-15)17-6-4-16(5-7-17)11-14(18)12-20-9-8-19-2/h13-14,18H,3-9,11-12H2,1-2H3. The van der Waals surface area contributed by atoms with E-state index in [-0.39, 0.29) is 6.04 Å². The molecule has 20 heavy (non-hydrogen) atoms. The van der Waals surface area contributed by atoms with Gasteiger partial charge < -0.3 is 14.6 Å². The molecule has 116 valence electrons. The number of β-amino-alcohol motifs (C(OH)–C–C–N with tert-alkyl or cyclic N) is 1. The number of nitrogens with zero attached hydrogens (tertiary/aromatic N) is 3. The van der Waals surface area contributed by atoms with E-state index in [1.165, 1.54) is 0 Å². The van der Waals surface area contributed by atoms with E-state index in [1.54, 1.807) is 7.11 Å². The minimum atomic E-state index is -0.462. The second-order valence-electron chi connectivity index (χ2n) is 5.11. The van der Waals surface area contributed by atoms with Crippen molar-refractivity contribution in [2.75, 3.05) is 59.7 Å². The molecule has 0 radical (unpaired) electrons. The van der Waals surface area contributed by atoms with Gasteiger partial charge in [0.2, 0.25) is 0 Å². The highest BCUT2D eigenvalue weighted by molar-refractivity contribution is 4.92. The summed E-state index contributed by atoms with van der Waals surface area (Å²) in [6.07, 6.45) is 0.406. The summed E-state index contributed by atoms with van der Waals surface area (Å²) in [5.41, 5.74) is 0. The van der Waals surface area contributed by atoms with Crippen molar-refractivity contribution in [2.24, 2.45) is 0 Å². The lowest BCUT2D eigenvalue weighted by molar-refractivity contribution is -0.00811. The van der Waals surface area contributed by atoms with Crippen LogP contribution in [-0.4, -0.2) is 86.7 Å². The Morgan fingerprint density at radius 3 is 2.50 bits per heavy atom. The Labute approximate surface area is 121 Å². The molecule has 1 fully saturated rings. The summed E-state index contributed by atoms with van der Waals surface area (Å²) >= 11 is 0. The lowest BCUT2D eigenvalue weighted by Gasteiger charge is -2.37. The fraction of sp³-hybridized carbons (Fsp3) is 0.929. The van der Waals surface area contributed by atoms with Crippen molar-refractivity contribution in [2.45, 2.75) is 25.5 Å². The van der Waals surface area contributed by atoms with Gasteiger partial charge in [0.05, 0.1) is 38.0 Å². The van der Waals surface area contributed by atoms with Crippen molar-refractivity contribution < 1.29 is 14.6 Å². The maximum atomic E-state index is 9.89. The molecule has 0 aromatic carbocycles. The molecule has 0 amide bonds. The van der Waals surface area contributed by atoms with Gasteiger partial charge in [0.25, 0.3) is 0 Å². The molecule has 1 N–H and O–H groups in total. The number of piperazine rings is 1. The average Bonchev–Trinajstić information content (AvgIpc) is 2.47. The number of aliphatic hydroxyl groups is 1. The third kappa shape index (κ3) is 6.16. The number of hydrogen-bond donors (Lipinski definition) is 1. The molecule has 2 unspecified atom stereocenters. The van der Waals surface area contributed by atoms with Gasteiger partial charge in [0.15, 0.2) is 0 Å². The molecule has 0 saturated carbocycles. The van der Waals surface area contributed by atoms with Gasteiger partial charge in [0.1, 0.15) is 0 Å². The zero-order valence-corrected chi connectivity index (χ0v) is 12.6. The summed E-state index contributed by atoms with van der Waals surface area (Å²) in [5, 5.41) is 19.0. The van der Waals surface area contributed by atoms with Crippen LogP contribution < -0.4 is 0 Å². The minimum absolute atomic E-state index is 0.0273. The highest BCUT2D eigenvalue weighted by Crippen LogP contribution is 2.09. The molecular weight excluding hydrogens is 258 g/mol. The fourth-order valence-electron chi connectivity index (χ4n) is 2.40. The predicted molar refractivity (Wildman–Crippen MR) is 76.4 cm³/mol. The molecule has 1 heterocycles. The molecular formula is C14H27N3O3. The van der Waals surface area contributed by atoms with Crippen molar-refractivity contribution in [3.05, 3.63) is 0 Å². The summed E-state index contributed by atoms with van der Waals surface area (Å²) in [6, 6.07) is 2.37. The summed E-state index contributed by atoms with van der Waals surface area (Å²) in [4.78, 5) is 4.45. The monoisotopic (exact) mass is 285 g/mol. The van der Waals surface area contributed by atoms with E-state index in [4.69, 9.17) is 14.7 Å². The highest BCUT2D eigenvalue weighted by atomic mass is 16.5. The Morgan fingerprint density at radius 2 is 1.95 bits per heavy atom. The zero-order chi connectivity index (χ0) is 14.8. The molecule has 0 aliphatic carbocycles. The molecule has 1 rings (SSSR count). The Bertz CT molecular complexity index is 288. The Balaban J connectivity index is 2.17. The van der Waals surface area contributed by atoms with Crippen LogP contribution in [0.4, 0.5) is 0 Å². The Kier molecular flexibility index (Phi) is 8.74. The number of aliphatic hydroxyl groups excluding tert-OH is 1. The lowest BCUT2D eigenvalue weighted by Crippen LogP contribution is -2.51.